The normalized spacial score (nSPS) is 22.8. The summed E-state index contributed by atoms with van der Waals surface area (Å²) >= 11 is 6.07. The van der Waals surface area contributed by atoms with Crippen LogP contribution >= 0.6 is 11.6 Å². The Bertz CT molecular complexity index is 974. The molecule has 0 fully saturated rings. The van der Waals surface area contributed by atoms with E-state index >= 15 is 0 Å². The van der Waals surface area contributed by atoms with E-state index in [1.807, 2.05) is 18.2 Å². The summed E-state index contributed by atoms with van der Waals surface area (Å²) < 4.78 is 11.1. The Morgan fingerprint density at radius 1 is 1.17 bits per heavy atom. The molecule has 1 aromatic heterocycles. The number of hydrogen-bond acceptors (Lipinski definition) is 4. The number of fused-ring (bicyclic) bond motifs is 2. The van der Waals surface area contributed by atoms with E-state index in [-0.39, 0.29) is 0 Å². The summed E-state index contributed by atoms with van der Waals surface area (Å²) in [6.45, 7) is 1.68. The van der Waals surface area contributed by atoms with Gasteiger partial charge in [-0.3, -0.25) is 0 Å². The molecule has 0 spiro atoms. The molecule has 116 valence electrons. The molecule has 1 N–H and O–H groups in total. The predicted molar refractivity (Wildman–Crippen MR) is 86.9 cm³/mol. The molecule has 2 heterocycles. The molecule has 2 atom stereocenters. The molecule has 3 aromatic rings. The van der Waals surface area contributed by atoms with Gasteiger partial charge in [-0.2, -0.15) is 0 Å². The van der Waals surface area contributed by atoms with E-state index in [2.05, 4.69) is 0 Å². The topological polar surface area (TPSA) is 59.7 Å². The van der Waals surface area contributed by atoms with Crippen LogP contribution in [0.4, 0.5) is 0 Å². The molecule has 5 heteroatoms. The van der Waals surface area contributed by atoms with Crippen molar-refractivity contribution in [1.29, 1.82) is 0 Å². The summed E-state index contributed by atoms with van der Waals surface area (Å²) in [5.41, 5.74) is -0.106. The number of halogens is 1. The lowest BCUT2D eigenvalue weighted by atomic mass is 9.87. The van der Waals surface area contributed by atoms with Crippen LogP contribution in [0.15, 0.2) is 57.7 Å². The van der Waals surface area contributed by atoms with Gasteiger partial charge in [0.2, 0.25) is 0 Å². The van der Waals surface area contributed by atoms with Crippen molar-refractivity contribution in [3.8, 4) is 5.75 Å². The van der Waals surface area contributed by atoms with Gasteiger partial charge in [-0.05, 0) is 31.2 Å². The van der Waals surface area contributed by atoms with Crippen LogP contribution in [0.2, 0.25) is 5.02 Å². The molecule has 0 radical (unpaired) electrons. The first kappa shape index (κ1) is 14.3. The van der Waals surface area contributed by atoms with E-state index in [0.717, 1.165) is 0 Å². The quantitative estimate of drug-likeness (QED) is 0.690. The molecule has 0 amide bonds. The molecule has 4 rings (SSSR count). The molecule has 0 unspecified atom stereocenters. The Morgan fingerprint density at radius 3 is 2.74 bits per heavy atom. The zero-order valence-electron chi connectivity index (χ0n) is 12.2. The van der Waals surface area contributed by atoms with E-state index in [0.29, 0.717) is 32.9 Å². The Morgan fingerprint density at radius 2 is 1.96 bits per heavy atom. The summed E-state index contributed by atoms with van der Waals surface area (Å²) in [6, 6.07) is 13.6. The fourth-order valence-corrected chi connectivity index (χ4v) is 3.29. The Labute approximate surface area is 136 Å². The summed E-state index contributed by atoms with van der Waals surface area (Å²) in [4.78, 5) is 11.9. The fourth-order valence-electron chi connectivity index (χ4n) is 3.11. The maximum Gasteiger partial charge on any atom is 0.336 e. The highest BCUT2D eigenvalue weighted by molar-refractivity contribution is 6.31. The second-order valence-corrected chi connectivity index (χ2v) is 6.24. The van der Waals surface area contributed by atoms with Gasteiger partial charge in [0.25, 0.3) is 0 Å². The van der Waals surface area contributed by atoms with Gasteiger partial charge in [0.05, 0.1) is 0 Å². The van der Waals surface area contributed by atoms with Crippen molar-refractivity contribution in [3.63, 3.8) is 0 Å². The van der Waals surface area contributed by atoms with Gasteiger partial charge in [-0.25, -0.2) is 4.79 Å². The molecule has 1 aliphatic heterocycles. The zero-order valence-corrected chi connectivity index (χ0v) is 13.0. The molecule has 0 bridgehead atoms. The highest BCUT2D eigenvalue weighted by Crippen LogP contribution is 2.49. The molecule has 0 aliphatic carbocycles. The number of aliphatic hydroxyl groups is 1. The zero-order chi connectivity index (χ0) is 16.2. The van der Waals surface area contributed by atoms with Crippen molar-refractivity contribution in [2.45, 2.75) is 18.6 Å². The fraction of sp³-hybridized carbons (Fsp3) is 0.167. The second kappa shape index (κ2) is 4.85. The predicted octanol–water partition coefficient (Wildman–Crippen LogP) is 3.79. The average Bonchev–Trinajstić information content (AvgIpc) is 2.79. The van der Waals surface area contributed by atoms with Crippen LogP contribution in [0.25, 0.3) is 11.0 Å². The molecular weight excluding hydrogens is 316 g/mol. The summed E-state index contributed by atoms with van der Waals surface area (Å²) in [5, 5.41) is 12.2. The number of benzene rings is 2. The first-order chi connectivity index (χ1) is 11.0. The van der Waals surface area contributed by atoms with Crippen LogP contribution in [-0.2, 0) is 5.60 Å². The molecule has 4 nitrogen and oxygen atoms in total. The Kier molecular flexibility index (Phi) is 3.01. The van der Waals surface area contributed by atoms with Crippen molar-refractivity contribution in [3.05, 3.63) is 75.1 Å². The Balaban J connectivity index is 1.97. The van der Waals surface area contributed by atoms with E-state index in [1.165, 1.54) is 6.07 Å². The number of para-hydroxylation sites is 1. The third kappa shape index (κ3) is 2.14. The van der Waals surface area contributed by atoms with Gasteiger partial charge in [0, 0.05) is 27.6 Å². The van der Waals surface area contributed by atoms with E-state index in [1.54, 1.807) is 31.2 Å². The summed E-state index contributed by atoms with van der Waals surface area (Å²) in [5.74, 6) is 0.603. The van der Waals surface area contributed by atoms with Crippen LogP contribution in [-0.4, -0.2) is 5.11 Å². The lowest BCUT2D eigenvalue weighted by Gasteiger charge is -2.25. The summed E-state index contributed by atoms with van der Waals surface area (Å²) in [6.07, 6.45) is -0.718. The van der Waals surface area contributed by atoms with Gasteiger partial charge < -0.3 is 14.3 Å². The van der Waals surface area contributed by atoms with Crippen molar-refractivity contribution in [2.24, 2.45) is 0 Å². The van der Waals surface area contributed by atoms with Crippen molar-refractivity contribution in [1.82, 2.24) is 0 Å². The average molecular weight is 329 g/mol. The molecular formula is C18H13ClO4. The van der Waals surface area contributed by atoms with Gasteiger partial charge in [0.1, 0.15) is 16.9 Å². The van der Waals surface area contributed by atoms with Crippen LogP contribution in [0.5, 0.6) is 5.75 Å². The minimum absolute atomic E-state index is 0.409. The van der Waals surface area contributed by atoms with Crippen LogP contribution in [0.3, 0.4) is 0 Å². The minimum atomic E-state index is -1.26. The maximum atomic E-state index is 11.9. The molecule has 1 aliphatic rings. The van der Waals surface area contributed by atoms with Gasteiger partial charge in [-0.1, -0.05) is 29.8 Å². The Hall–Kier alpha value is -2.30. The standard InChI is InChI=1S/C18H13ClO4/c1-18(21)13-4-2-3-5-15(13)23-17(18)12-9-16(20)22-14-7-6-10(19)8-11(12)14/h2-9,17,21H,1H3/t17-,18-/m0/s1. The third-order valence-electron chi connectivity index (χ3n) is 4.21. The van der Waals surface area contributed by atoms with E-state index in [9.17, 15) is 9.90 Å². The number of rotatable bonds is 1. The first-order valence-electron chi connectivity index (χ1n) is 7.18. The highest BCUT2D eigenvalue weighted by atomic mass is 35.5. The molecule has 2 aromatic carbocycles. The van der Waals surface area contributed by atoms with Gasteiger partial charge >= 0.3 is 5.63 Å². The second-order valence-electron chi connectivity index (χ2n) is 5.80. The van der Waals surface area contributed by atoms with Gasteiger partial charge in [-0.15, -0.1) is 0 Å². The lowest BCUT2D eigenvalue weighted by molar-refractivity contribution is -0.0255. The monoisotopic (exact) mass is 328 g/mol. The lowest BCUT2D eigenvalue weighted by Crippen LogP contribution is -2.28. The largest absolute Gasteiger partial charge is 0.482 e. The highest BCUT2D eigenvalue weighted by Gasteiger charge is 2.45. The van der Waals surface area contributed by atoms with Crippen LogP contribution in [0, 0.1) is 0 Å². The molecule has 0 saturated carbocycles. The van der Waals surface area contributed by atoms with Crippen molar-refractivity contribution in [2.75, 3.05) is 0 Å². The minimum Gasteiger partial charge on any atom is -0.482 e. The van der Waals surface area contributed by atoms with Crippen molar-refractivity contribution >= 4 is 22.6 Å². The number of hydrogen-bond donors (Lipinski definition) is 1. The third-order valence-corrected chi connectivity index (χ3v) is 4.44. The SMILES string of the molecule is C[C@]1(O)c2ccccc2O[C@H]1c1cc(=O)oc2ccc(Cl)cc12. The summed E-state index contributed by atoms with van der Waals surface area (Å²) in [7, 11) is 0. The smallest absolute Gasteiger partial charge is 0.336 e. The van der Waals surface area contributed by atoms with Crippen LogP contribution in [0.1, 0.15) is 24.2 Å². The van der Waals surface area contributed by atoms with Crippen molar-refractivity contribution < 1.29 is 14.3 Å². The first-order valence-corrected chi connectivity index (χ1v) is 7.56. The molecule has 0 saturated heterocycles. The van der Waals surface area contributed by atoms with E-state index in [4.69, 9.17) is 20.8 Å². The van der Waals surface area contributed by atoms with Gasteiger partial charge in [0.15, 0.2) is 6.10 Å². The number of ether oxygens (including phenoxy) is 1. The molecule has 23 heavy (non-hydrogen) atoms. The van der Waals surface area contributed by atoms with E-state index < -0.39 is 17.3 Å². The van der Waals surface area contributed by atoms with Crippen LogP contribution < -0.4 is 10.4 Å². The maximum absolute atomic E-state index is 11.9.